The number of nitrogens with two attached hydrogens (primary N) is 1. The number of carbonyl (C=O) groups excluding carboxylic acids is 1. The van der Waals surface area contributed by atoms with Gasteiger partial charge in [0.1, 0.15) is 0 Å². The van der Waals surface area contributed by atoms with Crippen LogP contribution in [0.25, 0.3) is 0 Å². The molecular formula is C18H28N2O. The average Bonchev–Trinajstić information content (AvgIpc) is 2.43. The molecule has 1 aromatic rings. The van der Waals surface area contributed by atoms with Crippen molar-refractivity contribution in [3.05, 3.63) is 35.9 Å². The third-order valence-electron chi connectivity index (χ3n) is 4.71. The lowest BCUT2D eigenvalue weighted by molar-refractivity contribution is -0.147. The fraction of sp³-hybridized carbons (Fsp3) is 0.611. The van der Waals surface area contributed by atoms with Crippen LogP contribution in [0.3, 0.4) is 0 Å². The predicted molar refractivity (Wildman–Crippen MR) is 86.9 cm³/mol. The van der Waals surface area contributed by atoms with E-state index in [1.54, 1.807) is 0 Å². The van der Waals surface area contributed by atoms with Crippen molar-refractivity contribution in [2.24, 2.45) is 16.6 Å². The topological polar surface area (TPSA) is 46.3 Å². The van der Waals surface area contributed by atoms with E-state index in [1.165, 1.54) is 5.56 Å². The van der Waals surface area contributed by atoms with Gasteiger partial charge in [-0.25, -0.2) is 0 Å². The fourth-order valence-electron chi connectivity index (χ4n) is 3.24. The zero-order chi connectivity index (χ0) is 15.5. The minimum absolute atomic E-state index is 0.0257. The van der Waals surface area contributed by atoms with Gasteiger partial charge in [0.25, 0.3) is 0 Å². The lowest BCUT2D eigenvalue weighted by Crippen LogP contribution is -2.50. The zero-order valence-corrected chi connectivity index (χ0v) is 13.6. The molecule has 0 aliphatic heterocycles. The molecule has 0 aromatic heterocycles. The summed E-state index contributed by atoms with van der Waals surface area (Å²) in [6.07, 6.45) is 4.04. The molecule has 0 atom stereocenters. The van der Waals surface area contributed by atoms with Gasteiger partial charge in [-0.05, 0) is 36.8 Å². The highest BCUT2D eigenvalue weighted by molar-refractivity contribution is 5.83. The molecule has 0 radical (unpaired) electrons. The van der Waals surface area contributed by atoms with Crippen LogP contribution in [0.5, 0.6) is 0 Å². The Kier molecular flexibility index (Phi) is 4.72. The van der Waals surface area contributed by atoms with E-state index in [1.807, 2.05) is 30.1 Å². The first kappa shape index (κ1) is 16.0. The molecule has 0 bridgehead atoms. The summed E-state index contributed by atoms with van der Waals surface area (Å²) < 4.78 is 0. The molecular weight excluding hydrogens is 260 g/mol. The third kappa shape index (κ3) is 3.65. The number of nitrogens with zero attached hydrogens (tertiary/aromatic N) is 1. The van der Waals surface area contributed by atoms with Crippen LogP contribution in [0, 0.1) is 10.8 Å². The molecule has 1 aliphatic carbocycles. The maximum Gasteiger partial charge on any atom is 0.228 e. The molecule has 0 spiro atoms. The van der Waals surface area contributed by atoms with Crippen molar-refractivity contribution < 1.29 is 4.79 Å². The zero-order valence-electron chi connectivity index (χ0n) is 13.6. The molecule has 1 amide bonds. The lowest BCUT2D eigenvalue weighted by Gasteiger charge is -2.44. The molecule has 1 aromatic carbocycles. The Bertz CT molecular complexity index is 477. The summed E-state index contributed by atoms with van der Waals surface area (Å²) >= 11 is 0. The van der Waals surface area contributed by atoms with Gasteiger partial charge in [-0.2, -0.15) is 0 Å². The SMILES string of the molecule is CN(CC(C)(C)CN)C(=O)C1(Cc2ccccc2)CCC1. The fourth-order valence-corrected chi connectivity index (χ4v) is 3.24. The van der Waals surface area contributed by atoms with E-state index in [4.69, 9.17) is 5.73 Å². The Morgan fingerprint density at radius 2 is 1.90 bits per heavy atom. The summed E-state index contributed by atoms with van der Waals surface area (Å²) in [5.74, 6) is 0.291. The van der Waals surface area contributed by atoms with Crippen LogP contribution in [0.1, 0.15) is 38.7 Å². The van der Waals surface area contributed by atoms with Crippen LogP contribution < -0.4 is 5.73 Å². The highest BCUT2D eigenvalue weighted by Gasteiger charge is 2.45. The minimum atomic E-state index is -0.180. The van der Waals surface area contributed by atoms with Gasteiger partial charge in [-0.15, -0.1) is 0 Å². The van der Waals surface area contributed by atoms with E-state index < -0.39 is 0 Å². The normalized spacial score (nSPS) is 17.1. The van der Waals surface area contributed by atoms with Crippen molar-refractivity contribution in [3.63, 3.8) is 0 Å². The summed E-state index contributed by atoms with van der Waals surface area (Å²) in [5, 5.41) is 0. The number of benzene rings is 1. The number of rotatable bonds is 6. The second-order valence-corrected chi connectivity index (χ2v) is 7.33. The molecule has 0 saturated heterocycles. The molecule has 0 unspecified atom stereocenters. The number of hydrogen-bond donors (Lipinski definition) is 1. The van der Waals surface area contributed by atoms with Gasteiger partial charge in [-0.1, -0.05) is 50.6 Å². The third-order valence-corrected chi connectivity index (χ3v) is 4.71. The summed E-state index contributed by atoms with van der Waals surface area (Å²) in [5.41, 5.74) is 6.85. The number of amides is 1. The first-order chi connectivity index (χ1) is 9.88. The van der Waals surface area contributed by atoms with Crippen LogP contribution in [-0.4, -0.2) is 30.9 Å². The molecule has 21 heavy (non-hydrogen) atoms. The number of hydrogen-bond acceptors (Lipinski definition) is 2. The van der Waals surface area contributed by atoms with Crippen molar-refractivity contribution in [2.45, 2.75) is 39.5 Å². The minimum Gasteiger partial charge on any atom is -0.345 e. The monoisotopic (exact) mass is 288 g/mol. The first-order valence-corrected chi connectivity index (χ1v) is 7.88. The van der Waals surface area contributed by atoms with Crippen molar-refractivity contribution in [1.29, 1.82) is 0 Å². The molecule has 1 aliphatic rings. The summed E-state index contributed by atoms with van der Waals surface area (Å²) in [6, 6.07) is 10.4. The van der Waals surface area contributed by atoms with Gasteiger partial charge in [0.05, 0.1) is 5.41 Å². The van der Waals surface area contributed by atoms with Crippen LogP contribution >= 0.6 is 0 Å². The Morgan fingerprint density at radius 3 is 2.38 bits per heavy atom. The van der Waals surface area contributed by atoms with Gasteiger partial charge < -0.3 is 10.6 Å². The van der Waals surface area contributed by atoms with Crippen molar-refractivity contribution in [1.82, 2.24) is 4.90 Å². The van der Waals surface area contributed by atoms with Crippen LogP contribution in [0.4, 0.5) is 0 Å². The molecule has 3 nitrogen and oxygen atoms in total. The van der Waals surface area contributed by atoms with Gasteiger partial charge in [0, 0.05) is 13.6 Å². The van der Waals surface area contributed by atoms with Gasteiger partial charge in [0.15, 0.2) is 0 Å². The second-order valence-electron chi connectivity index (χ2n) is 7.33. The molecule has 2 rings (SSSR count). The Hall–Kier alpha value is -1.35. The molecule has 3 heteroatoms. The van der Waals surface area contributed by atoms with Crippen LogP contribution in [0.15, 0.2) is 30.3 Å². The van der Waals surface area contributed by atoms with E-state index >= 15 is 0 Å². The molecule has 1 saturated carbocycles. The van der Waals surface area contributed by atoms with Crippen LogP contribution in [0.2, 0.25) is 0 Å². The second kappa shape index (κ2) is 6.18. The maximum absolute atomic E-state index is 12.9. The summed E-state index contributed by atoms with van der Waals surface area (Å²) in [4.78, 5) is 14.8. The van der Waals surface area contributed by atoms with E-state index in [0.29, 0.717) is 12.5 Å². The maximum atomic E-state index is 12.9. The van der Waals surface area contributed by atoms with E-state index in [2.05, 4.69) is 26.0 Å². The van der Waals surface area contributed by atoms with Gasteiger partial charge in [-0.3, -0.25) is 4.79 Å². The standard InChI is InChI=1S/C18H28N2O/c1-17(2,13-19)14-20(3)16(21)18(10-7-11-18)12-15-8-5-4-6-9-15/h4-6,8-9H,7,10-14,19H2,1-3H3. The van der Waals surface area contributed by atoms with Crippen molar-refractivity contribution in [3.8, 4) is 0 Å². The van der Waals surface area contributed by atoms with Crippen LogP contribution in [-0.2, 0) is 11.2 Å². The van der Waals surface area contributed by atoms with Gasteiger partial charge >= 0.3 is 0 Å². The molecule has 1 fully saturated rings. The number of carbonyl (C=O) groups is 1. The quantitative estimate of drug-likeness (QED) is 0.875. The molecule has 0 heterocycles. The first-order valence-electron chi connectivity index (χ1n) is 7.88. The van der Waals surface area contributed by atoms with Gasteiger partial charge in [0.2, 0.25) is 5.91 Å². The summed E-state index contributed by atoms with van der Waals surface area (Å²) in [6.45, 7) is 5.54. The summed E-state index contributed by atoms with van der Waals surface area (Å²) in [7, 11) is 1.92. The largest absolute Gasteiger partial charge is 0.345 e. The Morgan fingerprint density at radius 1 is 1.29 bits per heavy atom. The van der Waals surface area contributed by atoms with Crippen molar-refractivity contribution >= 4 is 5.91 Å². The van der Waals surface area contributed by atoms with E-state index in [-0.39, 0.29) is 10.8 Å². The highest BCUT2D eigenvalue weighted by Crippen LogP contribution is 2.45. The lowest BCUT2D eigenvalue weighted by atomic mass is 9.64. The van der Waals surface area contributed by atoms with E-state index in [9.17, 15) is 4.79 Å². The Labute approximate surface area is 128 Å². The highest BCUT2D eigenvalue weighted by atomic mass is 16.2. The average molecular weight is 288 g/mol. The Balaban J connectivity index is 2.08. The smallest absolute Gasteiger partial charge is 0.228 e. The molecule has 2 N–H and O–H groups in total. The van der Waals surface area contributed by atoms with Crippen molar-refractivity contribution in [2.75, 3.05) is 20.1 Å². The van der Waals surface area contributed by atoms with E-state index in [0.717, 1.165) is 32.2 Å². The predicted octanol–water partition coefficient (Wildman–Crippen LogP) is 2.84. The molecule has 116 valence electrons.